The zero-order valence-electron chi connectivity index (χ0n) is 9.74. The van der Waals surface area contributed by atoms with Crippen LogP contribution in [0, 0.1) is 17.8 Å². The zero-order valence-corrected chi connectivity index (χ0v) is 9.74. The monoisotopic (exact) mass is 214 g/mol. The van der Waals surface area contributed by atoms with Gasteiger partial charge in [0.25, 0.3) is 0 Å². The molecule has 16 heavy (non-hydrogen) atoms. The van der Waals surface area contributed by atoms with E-state index in [2.05, 4.69) is 18.8 Å². The molecule has 1 heteroatoms. The van der Waals surface area contributed by atoms with Crippen LogP contribution >= 0.6 is 0 Å². The molecule has 0 bridgehead atoms. The van der Waals surface area contributed by atoms with E-state index < -0.39 is 5.60 Å². The van der Waals surface area contributed by atoms with Gasteiger partial charge in [-0.25, -0.2) is 0 Å². The van der Waals surface area contributed by atoms with Crippen molar-refractivity contribution in [2.45, 2.75) is 38.2 Å². The van der Waals surface area contributed by atoms with E-state index in [9.17, 15) is 5.11 Å². The summed E-state index contributed by atoms with van der Waals surface area (Å²) in [7, 11) is 0. The third-order valence-electron chi connectivity index (χ3n) is 3.19. The standard InChI is InChI=1S/C15H18O/c1-13-6-5-10-15(16,12-13)11-9-14-7-3-2-4-8-14/h2-4,7-8,13,16H,5-6,10,12H2,1H3. The van der Waals surface area contributed by atoms with Crippen LogP contribution in [-0.4, -0.2) is 10.7 Å². The Hall–Kier alpha value is -1.26. The average Bonchev–Trinajstić information content (AvgIpc) is 2.28. The summed E-state index contributed by atoms with van der Waals surface area (Å²) in [6.07, 6.45) is 3.93. The molecule has 0 radical (unpaired) electrons. The minimum absolute atomic E-state index is 0.587. The lowest BCUT2D eigenvalue weighted by atomic mass is 9.79. The van der Waals surface area contributed by atoms with E-state index >= 15 is 0 Å². The van der Waals surface area contributed by atoms with Crippen molar-refractivity contribution in [3.05, 3.63) is 35.9 Å². The highest BCUT2D eigenvalue weighted by molar-refractivity contribution is 5.36. The summed E-state index contributed by atoms with van der Waals surface area (Å²) in [6.45, 7) is 2.19. The fourth-order valence-electron chi connectivity index (χ4n) is 2.35. The maximum absolute atomic E-state index is 10.3. The average molecular weight is 214 g/mol. The van der Waals surface area contributed by atoms with Crippen molar-refractivity contribution in [2.75, 3.05) is 0 Å². The normalized spacial score (nSPS) is 29.2. The van der Waals surface area contributed by atoms with Gasteiger partial charge in [0, 0.05) is 5.56 Å². The summed E-state index contributed by atoms with van der Waals surface area (Å²) in [5.41, 5.74) is 0.224. The first-order valence-electron chi connectivity index (χ1n) is 5.99. The lowest BCUT2D eigenvalue weighted by Gasteiger charge is -2.31. The van der Waals surface area contributed by atoms with Crippen LogP contribution in [0.1, 0.15) is 38.2 Å². The highest BCUT2D eigenvalue weighted by Gasteiger charge is 2.30. The van der Waals surface area contributed by atoms with Crippen LogP contribution in [0.3, 0.4) is 0 Å². The van der Waals surface area contributed by atoms with Gasteiger partial charge in [0.05, 0.1) is 0 Å². The van der Waals surface area contributed by atoms with E-state index in [1.165, 1.54) is 6.42 Å². The number of aliphatic hydroxyl groups is 1. The van der Waals surface area contributed by atoms with Crippen molar-refractivity contribution < 1.29 is 5.11 Å². The maximum Gasteiger partial charge on any atom is 0.126 e. The van der Waals surface area contributed by atoms with Crippen LogP contribution in [0.5, 0.6) is 0 Å². The molecule has 84 valence electrons. The Morgan fingerprint density at radius 3 is 2.75 bits per heavy atom. The first-order chi connectivity index (χ1) is 7.68. The molecule has 1 nitrogen and oxygen atoms in total. The molecule has 1 fully saturated rings. The molecule has 1 aliphatic rings. The summed E-state index contributed by atoms with van der Waals surface area (Å²) in [5.74, 6) is 6.71. The minimum atomic E-state index is -0.756. The molecule has 0 heterocycles. The molecule has 1 saturated carbocycles. The fraction of sp³-hybridized carbons (Fsp3) is 0.467. The summed E-state index contributed by atoms with van der Waals surface area (Å²) in [5, 5.41) is 10.3. The smallest absolute Gasteiger partial charge is 0.126 e. The Morgan fingerprint density at radius 2 is 2.06 bits per heavy atom. The van der Waals surface area contributed by atoms with Crippen molar-refractivity contribution in [1.82, 2.24) is 0 Å². The van der Waals surface area contributed by atoms with Gasteiger partial charge >= 0.3 is 0 Å². The Labute approximate surface area is 97.5 Å². The molecule has 2 rings (SSSR count). The lowest BCUT2D eigenvalue weighted by Crippen LogP contribution is -2.32. The molecule has 0 saturated heterocycles. The third kappa shape index (κ3) is 2.87. The Kier molecular flexibility index (Phi) is 3.31. The van der Waals surface area contributed by atoms with Gasteiger partial charge in [-0.1, -0.05) is 43.4 Å². The number of hydrogen-bond acceptors (Lipinski definition) is 1. The predicted octanol–water partition coefficient (Wildman–Crippen LogP) is 2.98. The van der Waals surface area contributed by atoms with Crippen LogP contribution in [-0.2, 0) is 0 Å². The second-order valence-corrected chi connectivity index (χ2v) is 4.85. The van der Waals surface area contributed by atoms with Crippen LogP contribution in [0.2, 0.25) is 0 Å². The fourth-order valence-corrected chi connectivity index (χ4v) is 2.35. The van der Waals surface area contributed by atoms with Crippen molar-refractivity contribution >= 4 is 0 Å². The lowest BCUT2D eigenvalue weighted by molar-refractivity contribution is 0.0410. The first-order valence-corrected chi connectivity index (χ1v) is 5.99. The van der Waals surface area contributed by atoms with Gasteiger partial charge in [-0.3, -0.25) is 0 Å². The number of benzene rings is 1. The van der Waals surface area contributed by atoms with Crippen molar-refractivity contribution in [3.63, 3.8) is 0 Å². The quantitative estimate of drug-likeness (QED) is 0.658. The maximum atomic E-state index is 10.3. The summed E-state index contributed by atoms with van der Waals surface area (Å²) in [6, 6.07) is 9.86. The highest BCUT2D eigenvalue weighted by Crippen LogP contribution is 2.31. The predicted molar refractivity (Wildman–Crippen MR) is 65.9 cm³/mol. The Bertz CT molecular complexity index is 398. The molecule has 2 unspecified atom stereocenters. The molecule has 1 aromatic carbocycles. The van der Waals surface area contributed by atoms with E-state index in [-0.39, 0.29) is 0 Å². The Balaban J connectivity index is 2.11. The molecule has 1 aromatic rings. The SMILES string of the molecule is CC1CCCC(O)(C#Cc2ccccc2)C1. The van der Waals surface area contributed by atoms with Gasteiger partial charge in [0.15, 0.2) is 0 Å². The van der Waals surface area contributed by atoms with Crippen LogP contribution in [0.15, 0.2) is 30.3 Å². The molecule has 0 amide bonds. The van der Waals surface area contributed by atoms with E-state index in [0.717, 1.165) is 24.8 Å². The largest absolute Gasteiger partial charge is 0.378 e. The number of hydrogen-bond donors (Lipinski definition) is 1. The minimum Gasteiger partial charge on any atom is -0.378 e. The highest BCUT2D eigenvalue weighted by atomic mass is 16.3. The molecule has 2 atom stereocenters. The van der Waals surface area contributed by atoms with Gasteiger partial charge in [-0.05, 0) is 37.3 Å². The van der Waals surface area contributed by atoms with Gasteiger partial charge in [0.2, 0.25) is 0 Å². The molecule has 0 spiro atoms. The molecule has 1 aliphatic carbocycles. The Morgan fingerprint density at radius 1 is 1.31 bits per heavy atom. The van der Waals surface area contributed by atoms with Gasteiger partial charge in [-0.2, -0.15) is 0 Å². The summed E-state index contributed by atoms with van der Waals surface area (Å²) < 4.78 is 0. The summed E-state index contributed by atoms with van der Waals surface area (Å²) in [4.78, 5) is 0. The second kappa shape index (κ2) is 4.72. The van der Waals surface area contributed by atoms with Gasteiger partial charge < -0.3 is 5.11 Å². The van der Waals surface area contributed by atoms with Crippen molar-refractivity contribution in [2.24, 2.45) is 5.92 Å². The van der Waals surface area contributed by atoms with E-state index in [1.807, 2.05) is 30.3 Å². The van der Waals surface area contributed by atoms with Crippen molar-refractivity contribution in [3.8, 4) is 11.8 Å². The van der Waals surface area contributed by atoms with Crippen LogP contribution < -0.4 is 0 Å². The zero-order chi connectivity index (χ0) is 11.4. The topological polar surface area (TPSA) is 20.2 Å². The molecule has 0 aromatic heterocycles. The molecular weight excluding hydrogens is 196 g/mol. The molecular formula is C15H18O. The van der Waals surface area contributed by atoms with Gasteiger partial charge in [-0.15, -0.1) is 0 Å². The second-order valence-electron chi connectivity index (χ2n) is 4.85. The third-order valence-corrected chi connectivity index (χ3v) is 3.19. The van der Waals surface area contributed by atoms with Crippen LogP contribution in [0.4, 0.5) is 0 Å². The molecule has 0 aliphatic heterocycles. The molecule has 1 N–H and O–H groups in total. The van der Waals surface area contributed by atoms with Gasteiger partial charge in [0.1, 0.15) is 5.60 Å². The van der Waals surface area contributed by atoms with E-state index in [1.54, 1.807) is 0 Å². The van der Waals surface area contributed by atoms with Crippen LogP contribution in [0.25, 0.3) is 0 Å². The summed E-state index contributed by atoms with van der Waals surface area (Å²) >= 11 is 0. The van der Waals surface area contributed by atoms with Crippen molar-refractivity contribution in [1.29, 1.82) is 0 Å². The van der Waals surface area contributed by atoms with E-state index in [0.29, 0.717) is 5.92 Å². The first kappa shape index (κ1) is 11.2. The number of rotatable bonds is 0. The van der Waals surface area contributed by atoms with E-state index in [4.69, 9.17) is 0 Å².